The molecule has 0 atom stereocenters. The number of aryl methyl sites for hydroxylation is 1. The van der Waals surface area contributed by atoms with Crippen LogP contribution in [0.1, 0.15) is 11.1 Å². The molecule has 4 rings (SSSR count). The van der Waals surface area contributed by atoms with Crippen LogP contribution in [-0.4, -0.2) is 19.7 Å². The Labute approximate surface area is 188 Å². The lowest BCUT2D eigenvalue weighted by Crippen LogP contribution is -2.07. The van der Waals surface area contributed by atoms with Crippen molar-refractivity contribution in [2.75, 3.05) is 6.26 Å². The highest BCUT2D eigenvalue weighted by Crippen LogP contribution is 2.40. The highest BCUT2D eigenvalue weighted by molar-refractivity contribution is 7.90. The molecule has 0 amide bonds. The Morgan fingerprint density at radius 3 is 2.16 bits per heavy atom. The van der Waals surface area contributed by atoms with Crippen LogP contribution in [-0.2, 0) is 16.0 Å². The van der Waals surface area contributed by atoms with E-state index >= 15 is 0 Å². The van der Waals surface area contributed by atoms with Crippen molar-refractivity contribution in [3.8, 4) is 22.4 Å². The molecule has 0 aliphatic carbocycles. The van der Waals surface area contributed by atoms with E-state index in [0.29, 0.717) is 38.4 Å². The summed E-state index contributed by atoms with van der Waals surface area (Å²) in [5.41, 5.74) is 1.89. The Morgan fingerprint density at radius 1 is 0.906 bits per heavy atom. The first kappa shape index (κ1) is 22.3. The summed E-state index contributed by atoms with van der Waals surface area (Å²) in [6, 6.07) is 17.1. The van der Waals surface area contributed by atoms with Crippen LogP contribution in [0.15, 0.2) is 71.6 Å². The number of rotatable bonds is 3. The summed E-state index contributed by atoms with van der Waals surface area (Å²) in [7, 11) is -3.34. The van der Waals surface area contributed by atoms with Crippen LogP contribution >= 0.6 is 11.6 Å². The third-order valence-corrected chi connectivity index (χ3v) is 6.72. The molecule has 0 N–H and O–H groups in total. The third kappa shape index (κ3) is 4.10. The number of hydrogen-bond acceptors (Lipinski definition) is 3. The Hall–Kier alpha value is -2.90. The number of fused-ring (bicyclic) bond motifs is 1. The maximum Gasteiger partial charge on any atom is 0.418 e. The Kier molecular flexibility index (Phi) is 5.51. The third-order valence-electron chi connectivity index (χ3n) is 5.19. The van der Waals surface area contributed by atoms with E-state index in [-0.39, 0.29) is 10.4 Å². The smallest absolute Gasteiger partial charge is 0.247 e. The molecule has 0 aliphatic rings. The molecular formula is C24H17ClF3NO2S. The van der Waals surface area contributed by atoms with Gasteiger partial charge in [-0.3, -0.25) is 0 Å². The lowest BCUT2D eigenvalue weighted by atomic mass is 9.98. The molecule has 0 bridgehead atoms. The molecule has 0 fully saturated rings. The molecule has 1 heterocycles. The second-order valence-electron chi connectivity index (χ2n) is 7.49. The Morgan fingerprint density at radius 2 is 1.53 bits per heavy atom. The predicted octanol–water partition coefficient (Wildman–Crippen LogP) is 6.95. The molecule has 0 saturated heterocycles. The van der Waals surface area contributed by atoms with E-state index in [0.717, 1.165) is 12.3 Å². The van der Waals surface area contributed by atoms with Crippen molar-refractivity contribution < 1.29 is 21.6 Å². The van der Waals surface area contributed by atoms with Crippen molar-refractivity contribution >= 4 is 32.3 Å². The molecule has 0 unspecified atom stereocenters. The standard InChI is InChI=1S/C24H17ClF3NO2S/c1-14-13-16-5-3-8-20(24(26,27)28)23(16)29-22(14)19-7-4-6-18(21(19)25)15-9-11-17(12-10-15)32(2,30)31/h3-13H,1-2H3. The largest absolute Gasteiger partial charge is 0.418 e. The zero-order valence-electron chi connectivity index (χ0n) is 17.0. The van der Waals surface area contributed by atoms with Gasteiger partial charge in [-0.25, -0.2) is 13.4 Å². The number of sulfone groups is 1. The minimum Gasteiger partial charge on any atom is -0.247 e. The van der Waals surface area contributed by atoms with Gasteiger partial charge >= 0.3 is 6.18 Å². The summed E-state index contributed by atoms with van der Waals surface area (Å²) in [6.07, 6.45) is -3.41. The van der Waals surface area contributed by atoms with E-state index in [2.05, 4.69) is 4.98 Å². The number of pyridine rings is 1. The van der Waals surface area contributed by atoms with Gasteiger partial charge in [-0.15, -0.1) is 0 Å². The van der Waals surface area contributed by atoms with Crippen molar-refractivity contribution in [1.82, 2.24) is 4.98 Å². The number of alkyl halides is 3. The van der Waals surface area contributed by atoms with Gasteiger partial charge in [-0.05, 0) is 42.3 Å². The normalized spacial score (nSPS) is 12.3. The average molecular weight is 476 g/mol. The summed E-state index contributed by atoms with van der Waals surface area (Å²) < 4.78 is 64.0. The summed E-state index contributed by atoms with van der Waals surface area (Å²) in [5, 5.41) is 0.712. The molecule has 0 aliphatic heterocycles. The lowest BCUT2D eigenvalue weighted by molar-refractivity contribution is -0.136. The second-order valence-corrected chi connectivity index (χ2v) is 9.89. The van der Waals surface area contributed by atoms with Crippen molar-refractivity contribution in [3.05, 3.63) is 82.9 Å². The first-order valence-electron chi connectivity index (χ1n) is 9.54. The fourth-order valence-electron chi connectivity index (χ4n) is 3.63. The summed E-state index contributed by atoms with van der Waals surface area (Å²) in [4.78, 5) is 4.55. The molecule has 3 aromatic carbocycles. The highest BCUT2D eigenvalue weighted by atomic mass is 35.5. The number of aromatic nitrogens is 1. The van der Waals surface area contributed by atoms with E-state index in [1.807, 2.05) is 0 Å². The minimum atomic E-state index is -4.54. The Bertz CT molecular complexity index is 1450. The van der Waals surface area contributed by atoms with Gasteiger partial charge in [0.1, 0.15) is 0 Å². The van der Waals surface area contributed by atoms with Crippen molar-refractivity contribution in [2.45, 2.75) is 18.0 Å². The number of halogens is 4. The molecule has 0 radical (unpaired) electrons. The first-order valence-corrected chi connectivity index (χ1v) is 11.8. The molecule has 0 spiro atoms. The van der Waals surface area contributed by atoms with Crippen LogP contribution in [0.2, 0.25) is 5.02 Å². The number of para-hydroxylation sites is 1. The van der Waals surface area contributed by atoms with E-state index in [4.69, 9.17) is 11.6 Å². The molecule has 1 aromatic heterocycles. The van der Waals surface area contributed by atoms with Crippen LogP contribution < -0.4 is 0 Å². The van der Waals surface area contributed by atoms with Gasteiger partial charge in [0.15, 0.2) is 9.84 Å². The fourth-order valence-corrected chi connectivity index (χ4v) is 4.58. The van der Waals surface area contributed by atoms with Crippen LogP contribution in [0, 0.1) is 6.92 Å². The van der Waals surface area contributed by atoms with Crippen LogP contribution in [0.5, 0.6) is 0 Å². The summed E-state index contributed by atoms with van der Waals surface area (Å²) >= 11 is 6.68. The number of nitrogens with zero attached hydrogens (tertiary/aromatic N) is 1. The van der Waals surface area contributed by atoms with Crippen LogP contribution in [0.4, 0.5) is 13.2 Å². The molecule has 0 saturated carbocycles. The molecule has 32 heavy (non-hydrogen) atoms. The van der Waals surface area contributed by atoms with E-state index < -0.39 is 21.6 Å². The summed E-state index contributed by atoms with van der Waals surface area (Å²) in [5.74, 6) is 0. The van der Waals surface area contributed by atoms with Crippen LogP contribution in [0.25, 0.3) is 33.3 Å². The maximum atomic E-state index is 13.5. The second kappa shape index (κ2) is 7.90. The predicted molar refractivity (Wildman–Crippen MR) is 120 cm³/mol. The molecule has 164 valence electrons. The van der Waals surface area contributed by atoms with Crippen molar-refractivity contribution in [1.29, 1.82) is 0 Å². The van der Waals surface area contributed by atoms with Gasteiger partial charge in [-0.2, -0.15) is 13.2 Å². The monoisotopic (exact) mass is 475 g/mol. The molecule has 4 aromatic rings. The molecule has 3 nitrogen and oxygen atoms in total. The van der Waals surface area contributed by atoms with Gasteiger partial charge in [0.2, 0.25) is 0 Å². The number of hydrogen-bond donors (Lipinski definition) is 0. The quantitative estimate of drug-likeness (QED) is 0.322. The van der Waals surface area contributed by atoms with E-state index in [1.165, 1.54) is 18.2 Å². The summed E-state index contributed by atoms with van der Waals surface area (Å²) in [6.45, 7) is 1.77. The minimum absolute atomic E-state index is 0.139. The average Bonchev–Trinajstić information content (AvgIpc) is 2.72. The van der Waals surface area contributed by atoms with Crippen molar-refractivity contribution in [3.63, 3.8) is 0 Å². The zero-order chi connectivity index (χ0) is 23.3. The van der Waals surface area contributed by atoms with Crippen LogP contribution in [0.3, 0.4) is 0 Å². The van der Waals surface area contributed by atoms with E-state index in [9.17, 15) is 21.6 Å². The molecular weight excluding hydrogens is 459 g/mol. The van der Waals surface area contributed by atoms with E-state index in [1.54, 1.807) is 49.4 Å². The highest BCUT2D eigenvalue weighted by Gasteiger charge is 2.33. The van der Waals surface area contributed by atoms with Gasteiger partial charge < -0.3 is 0 Å². The topological polar surface area (TPSA) is 47.0 Å². The Balaban J connectivity index is 1.89. The van der Waals surface area contributed by atoms with Gasteiger partial charge in [0, 0.05) is 22.8 Å². The fraction of sp³-hybridized carbons (Fsp3) is 0.125. The zero-order valence-corrected chi connectivity index (χ0v) is 18.6. The van der Waals surface area contributed by atoms with Crippen molar-refractivity contribution in [2.24, 2.45) is 0 Å². The van der Waals surface area contributed by atoms with Gasteiger partial charge in [-0.1, -0.05) is 54.1 Å². The van der Waals surface area contributed by atoms with Gasteiger partial charge in [0.05, 0.1) is 26.7 Å². The maximum absolute atomic E-state index is 13.5. The molecule has 8 heteroatoms. The number of benzene rings is 3. The lowest BCUT2D eigenvalue weighted by Gasteiger charge is -2.15. The van der Waals surface area contributed by atoms with Gasteiger partial charge in [0.25, 0.3) is 0 Å². The first-order chi connectivity index (χ1) is 15.0. The SMILES string of the molecule is Cc1cc2cccc(C(F)(F)F)c2nc1-c1cccc(-c2ccc(S(C)(=O)=O)cc2)c1Cl.